The van der Waals surface area contributed by atoms with Crippen LogP contribution in [0.3, 0.4) is 0 Å². The van der Waals surface area contributed by atoms with E-state index >= 15 is 0 Å². The average Bonchev–Trinajstić information content (AvgIpc) is 3.21. The molecule has 0 bridgehead atoms. The van der Waals surface area contributed by atoms with Gasteiger partial charge in [0.05, 0.1) is 17.2 Å². The normalized spacial score (nSPS) is 11.3. The van der Waals surface area contributed by atoms with Crippen LogP contribution in [0.2, 0.25) is 0 Å². The van der Waals surface area contributed by atoms with Crippen molar-refractivity contribution in [3.63, 3.8) is 0 Å². The number of nitrogens with one attached hydrogen (secondary N) is 2. The van der Waals surface area contributed by atoms with Gasteiger partial charge in [-0.25, -0.2) is 18.9 Å². The number of fused-ring (bicyclic) bond motifs is 2. The molecule has 0 aliphatic carbocycles. The van der Waals surface area contributed by atoms with Crippen molar-refractivity contribution in [3.05, 3.63) is 59.6 Å². The fraction of sp³-hybridized carbons (Fsp3) is 0.222. The van der Waals surface area contributed by atoms with Gasteiger partial charge in [0.1, 0.15) is 17.2 Å². The van der Waals surface area contributed by atoms with Crippen molar-refractivity contribution < 1.29 is 9.18 Å². The molecule has 3 heterocycles. The predicted octanol–water partition coefficient (Wildman–Crippen LogP) is 2.42. The maximum absolute atomic E-state index is 13.2. The van der Waals surface area contributed by atoms with Gasteiger partial charge in [-0.3, -0.25) is 4.79 Å². The second kappa shape index (κ2) is 6.55. The molecule has 0 fully saturated rings. The van der Waals surface area contributed by atoms with Crippen LogP contribution in [0.25, 0.3) is 16.7 Å². The first kappa shape index (κ1) is 16.2. The maximum atomic E-state index is 13.2. The molecule has 0 radical (unpaired) electrons. The Morgan fingerprint density at radius 3 is 3.12 bits per heavy atom. The van der Waals surface area contributed by atoms with E-state index in [0.29, 0.717) is 36.1 Å². The van der Waals surface area contributed by atoms with E-state index in [-0.39, 0.29) is 11.7 Å². The van der Waals surface area contributed by atoms with E-state index in [1.54, 1.807) is 16.8 Å². The van der Waals surface area contributed by atoms with Crippen molar-refractivity contribution in [3.8, 4) is 0 Å². The first-order valence-electron chi connectivity index (χ1n) is 8.32. The van der Waals surface area contributed by atoms with E-state index in [1.807, 2.05) is 13.1 Å². The van der Waals surface area contributed by atoms with Crippen LogP contribution < -0.4 is 5.32 Å². The van der Waals surface area contributed by atoms with Crippen LogP contribution in [0.1, 0.15) is 28.2 Å². The molecule has 1 aromatic carbocycles. The molecule has 0 atom stereocenters. The molecule has 7 nitrogen and oxygen atoms in total. The SMILES string of the molecule is Cc1cnc2c(C(=O)NCCCc3nc4ccc(F)cc4[nH]3)cnn2c1. The lowest BCUT2D eigenvalue weighted by atomic mass is 10.2. The summed E-state index contributed by atoms with van der Waals surface area (Å²) in [6, 6.07) is 4.46. The number of aromatic nitrogens is 5. The Balaban J connectivity index is 1.35. The zero-order valence-corrected chi connectivity index (χ0v) is 14.2. The third-order valence-electron chi connectivity index (χ3n) is 4.10. The number of H-pyrrole nitrogens is 1. The topological polar surface area (TPSA) is 88.0 Å². The number of halogens is 1. The number of aromatic amines is 1. The molecule has 0 spiro atoms. The van der Waals surface area contributed by atoms with Crippen molar-refractivity contribution in [2.24, 2.45) is 0 Å². The lowest BCUT2D eigenvalue weighted by molar-refractivity contribution is 0.0954. The number of amides is 1. The third kappa shape index (κ3) is 3.13. The number of carbonyl (C=O) groups is 1. The van der Waals surface area contributed by atoms with Crippen LogP contribution in [0, 0.1) is 12.7 Å². The minimum absolute atomic E-state index is 0.206. The molecular formula is C18H17FN6O. The molecule has 26 heavy (non-hydrogen) atoms. The second-order valence-electron chi connectivity index (χ2n) is 6.16. The molecule has 3 aromatic heterocycles. The average molecular weight is 352 g/mol. The number of benzene rings is 1. The molecule has 1 amide bonds. The molecule has 0 aliphatic heterocycles. The largest absolute Gasteiger partial charge is 0.352 e. The van der Waals surface area contributed by atoms with Gasteiger partial charge in [-0.2, -0.15) is 5.10 Å². The van der Waals surface area contributed by atoms with Crippen LogP contribution in [-0.4, -0.2) is 37.0 Å². The Labute approximate surface area is 148 Å². The highest BCUT2D eigenvalue weighted by Crippen LogP contribution is 2.14. The van der Waals surface area contributed by atoms with Gasteiger partial charge in [0.25, 0.3) is 5.91 Å². The summed E-state index contributed by atoms with van der Waals surface area (Å²) < 4.78 is 14.8. The van der Waals surface area contributed by atoms with Crippen LogP contribution in [0.5, 0.6) is 0 Å². The van der Waals surface area contributed by atoms with Crippen LogP contribution in [-0.2, 0) is 6.42 Å². The summed E-state index contributed by atoms with van der Waals surface area (Å²) in [5.41, 5.74) is 3.37. The third-order valence-corrected chi connectivity index (χ3v) is 4.10. The highest BCUT2D eigenvalue weighted by Gasteiger charge is 2.13. The zero-order chi connectivity index (χ0) is 18.1. The number of hydrogen-bond acceptors (Lipinski definition) is 4. The van der Waals surface area contributed by atoms with Gasteiger partial charge < -0.3 is 10.3 Å². The molecule has 2 N–H and O–H groups in total. The van der Waals surface area contributed by atoms with Crippen LogP contribution in [0.4, 0.5) is 4.39 Å². The summed E-state index contributed by atoms with van der Waals surface area (Å²) >= 11 is 0. The number of rotatable bonds is 5. The maximum Gasteiger partial charge on any atom is 0.256 e. The molecule has 0 aliphatic rings. The van der Waals surface area contributed by atoms with E-state index in [1.165, 1.54) is 18.3 Å². The van der Waals surface area contributed by atoms with E-state index in [0.717, 1.165) is 16.9 Å². The van der Waals surface area contributed by atoms with Gasteiger partial charge in [-0.15, -0.1) is 0 Å². The zero-order valence-electron chi connectivity index (χ0n) is 14.2. The van der Waals surface area contributed by atoms with Gasteiger partial charge in [0, 0.05) is 25.4 Å². The Morgan fingerprint density at radius 1 is 1.35 bits per heavy atom. The first-order chi connectivity index (χ1) is 12.6. The van der Waals surface area contributed by atoms with Crippen molar-refractivity contribution in [2.75, 3.05) is 6.54 Å². The molecular weight excluding hydrogens is 335 g/mol. The standard InChI is InChI=1S/C18H17FN6O/c1-11-8-21-17-13(9-22-25(17)10-11)18(26)20-6-2-3-16-23-14-5-4-12(19)7-15(14)24-16/h4-5,7-10H,2-3,6H2,1H3,(H,20,26)(H,23,24). The molecule has 0 unspecified atom stereocenters. The van der Waals surface area contributed by atoms with Crippen LogP contribution >= 0.6 is 0 Å². The minimum Gasteiger partial charge on any atom is -0.352 e. The Bertz CT molecular complexity index is 1100. The number of imidazole rings is 1. The lowest BCUT2D eigenvalue weighted by Crippen LogP contribution is -2.24. The van der Waals surface area contributed by atoms with E-state index in [4.69, 9.17) is 0 Å². The predicted molar refractivity (Wildman–Crippen MR) is 94.4 cm³/mol. The highest BCUT2D eigenvalue weighted by molar-refractivity contribution is 5.99. The number of aryl methyl sites for hydroxylation is 2. The summed E-state index contributed by atoms with van der Waals surface area (Å²) in [5, 5.41) is 7.03. The van der Waals surface area contributed by atoms with Crippen molar-refractivity contribution in [1.82, 2.24) is 29.9 Å². The molecule has 0 saturated heterocycles. The number of carbonyl (C=O) groups excluding carboxylic acids is 1. The lowest BCUT2D eigenvalue weighted by Gasteiger charge is -2.03. The van der Waals surface area contributed by atoms with E-state index in [2.05, 4.69) is 25.4 Å². The summed E-state index contributed by atoms with van der Waals surface area (Å²) in [7, 11) is 0. The van der Waals surface area contributed by atoms with Gasteiger partial charge in [-0.05, 0) is 37.1 Å². The highest BCUT2D eigenvalue weighted by atomic mass is 19.1. The number of nitrogens with zero attached hydrogens (tertiary/aromatic N) is 4. The quantitative estimate of drug-likeness (QED) is 0.540. The van der Waals surface area contributed by atoms with E-state index < -0.39 is 0 Å². The van der Waals surface area contributed by atoms with Gasteiger partial charge >= 0.3 is 0 Å². The van der Waals surface area contributed by atoms with Gasteiger partial charge in [0.15, 0.2) is 5.65 Å². The number of hydrogen-bond donors (Lipinski definition) is 2. The molecule has 0 saturated carbocycles. The fourth-order valence-electron chi connectivity index (χ4n) is 2.83. The summed E-state index contributed by atoms with van der Waals surface area (Å²) in [6.45, 7) is 2.41. The molecule has 8 heteroatoms. The van der Waals surface area contributed by atoms with Crippen molar-refractivity contribution in [2.45, 2.75) is 19.8 Å². The summed E-state index contributed by atoms with van der Waals surface area (Å²) in [4.78, 5) is 24.1. The Hall–Kier alpha value is -3.29. The Morgan fingerprint density at radius 2 is 2.23 bits per heavy atom. The monoisotopic (exact) mass is 352 g/mol. The van der Waals surface area contributed by atoms with Crippen molar-refractivity contribution in [1.29, 1.82) is 0 Å². The smallest absolute Gasteiger partial charge is 0.256 e. The Kier molecular flexibility index (Phi) is 4.08. The summed E-state index contributed by atoms with van der Waals surface area (Å²) in [5.74, 6) is 0.271. The molecule has 4 aromatic rings. The van der Waals surface area contributed by atoms with Gasteiger partial charge in [0.2, 0.25) is 0 Å². The first-order valence-corrected chi connectivity index (χ1v) is 8.32. The minimum atomic E-state index is -0.294. The molecule has 4 rings (SSSR count). The van der Waals surface area contributed by atoms with Gasteiger partial charge in [-0.1, -0.05) is 0 Å². The fourth-order valence-corrected chi connectivity index (χ4v) is 2.83. The van der Waals surface area contributed by atoms with E-state index in [9.17, 15) is 9.18 Å². The summed E-state index contributed by atoms with van der Waals surface area (Å²) in [6.07, 6.45) is 6.41. The second-order valence-corrected chi connectivity index (χ2v) is 6.16. The molecule has 132 valence electrons. The van der Waals surface area contributed by atoms with Crippen molar-refractivity contribution >= 4 is 22.6 Å². The van der Waals surface area contributed by atoms with Crippen LogP contribution in [0.15, 0.2) is 36.8 Å².